The smallest absolute Gasteiger partial charge is 0.328 e. The molecule has 144 valence electrons. The van der Waals surface area contributed by atoms with Crippen LogP contribution in [0.15, 0.2) is 54.6 Å². The minimum absolute atomic E-state index is 0.0989. The molecule has 0 bridgehead atoms. The predicted molar refractivity (Wildman–Crippen MR) is 110 cm³/mol. The van der Waals surface area contributed by atoms with E-state index in [1.807, 2.05) is 24.3 Å². The monoisotopic (exact) mass is 377 g/mol. The van der Waals surface area contributed by atoms with Crippen molar-refractivity contribution in [2.24, 2.45) is 0 Å². The van der Waals surface area contributed by atoms with Crippen LogP contribution in [-0.2, 0) is 4.79 Å². The molecular weight excluding hydrogens is 354 g/mol. The molecule has 2 heterocycles. The Morgan fingerprint density at radius 2 is 1.54 bits per heavy atom. The van der Waals surface area contributed by atoms with E-state index in [2.05, 4.69) is 21.8 Å². The van der Waals surface area contributed by atoms with Crippen molar-refractivity contribution in [3.63, 3.8) is 0 Å². The van der Waals surface area contributed by atoms with Gasteiger partial charge in [-0.1, -0.05) is 6.07 Å². The number of hydrogen-bond acceptors (Lipinski definition) is 5. The first-order valence-corrected chi connectivity index (χ1v) is 9.15. The molecule has 1 N–H and O–H groups in total. The van der Waals surface area contributed by atoms with Crippen LogP contribution in [0.5, 0.6) is 0 Å². The van der Waals surface area contributed by atoms with Crippen molar-refractivity contribution in [1.82, 2.24) is 9.88 Å². The van der Waals surface area contributed by atoms with Gasteiger partial charge in [0.2, 0.25) is 0 Å². The molecule has 0 amide bonds. The van der Waals surface area contributed by atoms with Crippen molar-refractivity contribution in [3.8, 4) is 0 Å². The number of allylic oxidation sites excluding steroid dienone is 1. The van der Waals surface area contributed by atoms with Gasteiger partial charge in [-0.2, -0.15) is 0 Å². The number of likely N-dealkylation sites (N-methyl/N-ethyl adjacent to an activating group) is 1. The lowest BCUT2D eigenvalue weighted by Crippen LogP contribution is -2.44. The fourth-order valence-corrected chi connectivity index (χ4v) is 2.97. The highest BCUT2D eigenvalue weighted by atomic mass is 16.4. The van der Waals surface area contributed by atoms with E-state index in [0.29, 0.717) is 17.0 Å². The number of carbonyl (C=O) groups excluding carboxylic acids is 1. The molecule has 6 nitrogen and oxygen atoms in total. The summed E-state index contributed by atoms with van der Waals surface area (Å²) in [7, 11) is 2.12. The van der Waals surface area contributed by atoms with E-state index in [0.717, 1.165) is 37.9 Å². The maximum Gasteiger partial charge on any atom is 0.328 e. The van der Waals surface area contributed by atoms with Gasteiger partial charge in [-0.25, -0.2) is 9.78 Å². The molecule has 0 atom stereocenters. The van der Waals surface area contributed by atoms with Crippen molar-refractivity contribution < 1.29 is 14.7 Å². The molecule has 0 spiro atoms. The lowest BCUT2D eigenvalue weighted by molar-refractivity contribution is -0.131. The van der Waals surface area contributed by atoms with Crippen molar-refractivity contribution in [2.75, 3.05) is 38.1 Å². The Morgan fingerprint density at radius 3 is 2.14 bits per heavy atom. The Labute approximate surface area is 164 Å². The van der Waals surface area contributed by atoms with Crippen LogP contribution in [-0.4, -0.2) is 60.0 Å². The van der Waals surface area contributed by atoms with Crippen molar-refractivity contribution in [1.29, 1.82) is 0 Å². The molecule has 3 rings (SSSR count). The van der Waals surface area contributed by atoms with Crippen LogP contribution in [0.1, 0.15) is 21.7 Å². The molecule has 1 aromatic carbocycles. The van der Waals surface area contributed by atoms with E-state index in [9.17, 15) is 9.59 Å². The van der Waals surface area contributed by atoms with Gasteiger partial charge in [0, 0.05) is 43.5 Å². The number of carboxylic acids is 1. The van der Waals surface area contributed by atoms with Gasteiger partial charge in [-0.05, 0) is 61.7 Å². The zero-order valence-corrected chi connectivity index (χ0v) is 15.8. The fraction of sp³-hybridized carbons (Fsp3) is 0.227. The highest BCUT2D eigenvalue weighted by Crippen LogP contribution is 2.17. The molecule has 1 fully saturated rings. The Bertz CT molecular complexity index is 895. The second-order valence-corrected chi connectivity index (χ2v) is 6.69. The van der Waals surface area contributed by atoms with Crippen LogP contribution in [0.4, 0.5) is 5.69 Å². The molecule has 1 saturated heterocycles. The largest absolute Gasteiger partial charge is 0.478 e. The second-order valence-electron chi connectivity index (χ2n) is 6.69. The molecule has 1 aliphatic heterocycles. The molecule has 1 aromatic heterocycles. The zero-order chi connectivity index (χ0) is 19.9. The molecule has 0 unspecified atom stereocenters. The highest BCUT2D eigenvalue weighted by Gasteiger charge is 2.14. The van der Waals surface area contributed by atoms with Gasteiger partial charge in [0.1, 0.15) is 0 Å². The number of aliphatic carboxylic acids is 1. The fourth-order valence-electron chi connectivity index (χ4n) is 2.97. The summed E-state index contributed by atoms with van der Waals surface area (Å²) in [6.07, 6.45) is 5.56. The third-order valence-corrected chi connectivity index (χ3v) is 4.61. The average molecular weight is 377 g/mol. The minimum Gasteiger partial charge on any atom is -0.478 e. The second kappa shape index (κ2) is 9.10. The molecule has 0 saturated carbocycles. The maximum absolute atomic E-state index is 12.4. The highest BCUT2D eigenvalue weighted by molar-refractivity contribution is 6.06. The first-order chi connectivity index (χ1) is 13.5. The van der Waals surface area contributed by atoms with E-state index in [4.69, 9.17) is 5.11 Å². The summed E-state index contributed by atoms with van der Waals surface area (Å²) < 4.78 is 0. The number of pyridine rings is 1. The van der Waals surface area contributed by atoms with Crippen LogP contribution in [0, 0.1) is 0 Å². The van der Waals surface area contributed by atoms with Gasteiger partial charge in [0.25, 0.3) is 0 Å². The number of piperazine rings is 1. The zero-order valence-electron chi connectivity index (χ0n) is 15.8. The van der Waals surface area contributed by atoms with Gasteiger partial charge in [0.15, 0.2) is 5.78 Å². The number of carboxylic acid groups (broad SMARTS) is 1. The first kappa shape index (κ1) is 19.5. The molecule has 6 heteroatoms. The summed E-state index contributed by atoms with van der Waals surface area (Å²) in [5.41, 5.74) is 2.87. The Balaban J connectivity index is 1.64. The Kier molecular flexibility index (Phi) is 6.34. The van der Waals surface area contributed by atoms with Crippen LogP contribution in [0.25, 0.3) is 12.2 Å². The van der Waals surface area contributed by atoms with Gasteiger partial charge in [-0.15, -0.1) is 0 Å². The molecule has 2 aromatic rings. The molecule has 0 aliphatic carbocycles. The van der Waals surface area contributed by atoms with Crippen LogP contribution >= 0.6 is 0 Å². The standard InChI is InChI=1S/C22H23N3O3/c1-24-13-15-25(16-14-24)20-9-5-17(6-10-20)21(26)11-7-18-3-2-4-19(23-18)8-12-22(27)28/h2-12H,13-16H2,1H3,(H,27,28). The van der Waals surface area contributed by atoms with Crippen molar-refractivity contribution in [3.05, 3.63) is 71.6 Å². The molecule has 1 aliphatic rings. The van der Waals surface area contributed by atoms with E-state index < -0.39 is 5.97 Å². The Hall–Kier alpha value is -3.25. The van der Waals surface area contributed by atoms with E-state index in [-0.39, 0.29) is 5.78 Å². The number of carbonyl (C=O) groups is 2. The summed E-state index contributed by atoms with van der Waals surface area (Å²) >= 11 is 0. The van der Waals surface area contributed by atoms with Crippen LogP contribution in [0.3, 0.4) is 0 Å². The number of hydrogen-bond donors (Lipinski definition) is 1. The third kappa shape index (κ3) is 5.37. The van der Waals surface area contributed by atoms with Gasteiger partial charge >= 0.3 is 5.97 Å². The van der Waals surface area contributed by atoms with Crippen molar-refractivity contribution in [2.45, 2.75) is 0 Å². The normalized spacial score (nSPS) is 15.4. The van der Waals surface area contributed by atoms with Crippen LogP contribution in [0.2, 0.25) is 0 Å². The van der Waals surface area contributed by atoms with Crippen molar-refractivity contribution >= 4 is 29.6 Å². The maximum atomic E-state index is 12.4. The summed E-state index contributed by atoms with van der Waals surface area (Å²) in [5.74, 6) is -1.13. The molecule has 28 heavy (non-hydrogen) atoms. The summed E-state index contributed by atoms with van der Waals surface area (Å²) in [6, 6.07) is 12.9. The van der Waals surface area contributed by atoms with E-state index in [1.54, 1.807) is 24.3 Å². The SMILES string of the molecule is CN1CCN(c2ccc(C(=O)C=Cc3cccc(C=CC(=O)O)n3)cc2)CC1. The lowest BCUT2D eigenvalue weighted by Gasteiger charge is -2.34. The van der Waals surface area contributed by atoms with E-state index in [1.165, 1.54) is 12.2 Å². The number of nitrogens with zero attached hydrogens (tertiary/aromatic N) is 3. The third-order valence-electron chi connectivity index (χ3n) is 4.61. The van der Waals surface area contributed by atoms with Gasteiger partial charge in [-0.3, -0.25) is 4.79 Å². The molecular formula is C22H23N3O3. The summed E-state index contributed by atoms with van der Waals surface area (Å²) in [5, 5.41) is 8.68. The van der Waals surface area contributed by atoms with E-state index >= 15 is 0 Å². The van der Waals surface area contributed by atoms with Crippen LogP contribution < -0.4 is 4.90 Å². The van der Waals surface area contributed by atoms with Gasteiger partial charge < -0.3 is 14.9 Å². The first-order valence-electron chi connectivity index (χ1n) is 9.15. The number of rotatable bonds is 6. The van der Waals surface area contributed by atoms with Gasteiger partial charge in [0.05, 0.1) is 11.4 Å². The quantitative estimate of drug-likeness (QED) is 0.616. The number of anilines is 1. The number of ketones is 1. The number of aromatic nitrogens is 1. The topological polar surface area (TPSA) is 73.7 Å². The summed E-state index contributed by atoms with van der Waals surface area (Å²) in [4.78, 5) is 31.9. The average Bonchev–Trinajstić information content (AvgIpc) is 2.71. The minimum atomic E-state index is -1.03. The molecule has 0 radical (unpaired) electrons. The lowest BCUT2D eigenvalue weighted by atomic mass is 10.1. The predicted octanol–water partition coefficient (Wildman–Crippen LogP) is 2.83. The Morgan fingerprint density at radius 1 is 0.929 bits per heavy atom. The summed E-state index contributed by atoms with van der Waals surface area (Å²) in [6.45, 7) is 4.05. The number of benzene rings is 1.